The van der Waals surface area contributed by atoms with E-state index in [0.717, 1.165) is 4.90 Å². The quantitative estimate of drug-likeness (QED) is 0.345. The van der Waals surface area contributed by atoms with Crippen LogP contribution in [0.3, 0.4) is 0 Å². The van der Waals surface area contributed by atoms with Gasteiger partial charge in [-0.1, -0.05) is 0 Å². The van der Waals surface area contributed by atoms with Crippen LogP contribution in [0.5, 0.6) is 0 Å². The van der Waals surface area contributed by atoms with E-state index in [1.54, 1.807) is 39.8 Å². The number of aliphatic imine (C=N–C) groups is 1. The van der Waals surface area contributed by atoms with Gasteiger partial charge in [-0.05, 0) is 27.7 Å². The highest BCUT2D eigenvalue weighted by molar-refractivity contribution is 5.93. The number of aromatic amines is 1. The fourth-order valence-corrected chi connectivity index (χ4v) is 2.95. The van der Waals surface area contributed by atoms with Crippen LogP contribution in [-0.2, 0) is 14.3 Å². The van der Waals surface area contributed by atoms with Crippen molar-refractivity contribution in [2.45, 2.75) is 58.5 Å². The molecule has 3 atom stereocenters. The van der Waals surface area contributed by atoms with E-state index in [1.165, 1.54) is 20.2 Å². The molecule has 0 saturated carbocycles. The lowest BCUT2D eigenvalue weighted by atomic mass is 10.0. The first-order valence-electron chi connectivity index (χ1n) is 9.76. The van der Waals surface area contributed by atoms with Gasteiger partial charge in [-0.25, -0.2) is 9.79 Å². The molecule has 1 aromatic heterocycles. The Morgan fingerprint density at radius 3 is 2.58 bits per heavy atom. The summed E-state index contributed by atoms with van der Waals surface area (Å²) in [6.07, 6.45) is -1.62. The normalized spacial score (nSPS) is 18.1. The van der Waals surface area contributed by atoms with E-state index in [1.807, 2.05) is 0 Å². The Hall–Kier alpha value is -3.15. The van der Waals surface area contributed by atoms with Crippen molar-refractivity contribution in [3.05, 3.63) is 10.4 Å². The van der Waals surface area contributed by atoms with Crippen LogP contribution in [0.25, 0.3) is 0 Å². The molecule has 12 heteroatoms. The molecule has 3 N–H and O–H groups in total. The summed E-state index contributed by atoms with van der Waals surface area (Å²) in [5, 5.41) is 13.7. The molecule has 31 heavy (non-hydrogen) atoms. The number of aromatic nitrogens is 2. The summed E-state index contributed by atoms with van der Waals surface area (Å²) in [6.45, 7) is 7.80. The third-order valence-corrected chi connectivity index (χ3v) is 4.16. The van der Waals surface area contributed by atoms with Crippen molar-refractivity contribution < 1.29 is 24.2 Å². The van der Waals surface area contributed by atoms with Gasteiger partial charge in [0.05, 0.1) is 12.4 Å². The number of hydrogen-bond donors (Lipinski definition) is 3. The number of esters is 1. The maximum atomic E-state index is 13.0. The standard InChI is InChI=1S/C19H30N6O6/c1-10(30-11(2)26)14(27)12-8-20-15-13(25(12)18(29)31-19(3,4)5)16(28)23-17(22-15)21-9-24(6)7/h9-10,12,14,27H,8H2,1-7H3,(H2,20,22,23,28)/b21-9+/t10-,12?,14-/m0/s1. The topological polar surface area (TPSA) is 149 Å². The van der Waals surface area contributed by atoms with Crippen LogP contribution in [-0.4, -0.2) is 82.9 Å². The van der Waals surface area contributed by atoms with Gasteiger partial charge in [0.25, 0.3) is 5.56 Å². The summed E-state index contributed by atoms with van der Waals surface area (Å²) < 4.78 is 10.5. The summed E-state index contributed by atoms with van der Waals surface area (Å²) in [7, 11) is 3.53. The third-order valence-electron chi connectivity index (χ3n) is 4.16. The first kappa shape index (κ1) is 24.1. The third kappa shape index (κ3) is 6.17. The fourth-order valence-electron chi connectivity index (χ4n) is 2.95. The number of rotatable bonds is 5. The number of H-pyrrole nitrogens is 1. The number of anilines is 2. The Labute approximate surface area is 180 Å². The fraction of sp³-hybridized carbons (Fsp3) is 0.632. The Balaban J connectivity index is 2.52. The van der Waals surface area contributed by atoms with Gasteiger partial charge < -0.3 is 24.8 Å². The van der Waals surface area contributed by atoms with Gasteiger partial charge in [0.1, 0.15) is 17.8 Å². The zero-order valence-corrected chi connectivity index (χ0v) is 18.8. The van der Waals surface area contributed by atoms with Crippen molar-refractivity contribution in [1.82, 2.24) is 14.9 Å². The van der Waals surface area contributed by atoms with Crippen molar-refractivity contribution in [1.29, 1.82) is 0 Å². The number of carbonyl (C=O) groups is 2. The van der Waals surface area contributed by atoms with E-state index in [9.17, 15) is 19.5 Å². The Kier molecular flexibility index (Phi) is 7.26. The number of fused-ring (bicyclic) bond motifs is 1. The van der Waals surface area contributed by atoms with E-state index in [-0.39, 0.29) is 24.0 Å². The molecule has 0 fully saturated rings. The molecule has 1 aliphatic heterocycles. The number of ether oxygens (including phenoxy) is 2. The van der Waals surface area contributed by atoms with Gasteiger partial charge in [-0.3, -0.25) is 19.5 Å². The summed E-state index contributed by atoms with van der Waals surface area (Å²) in [5.41, 5.74) is -1.62. The van der Waals surface area contributed by atoms with Crippen molar-refractivity contribution in [3.63, 3.8) is 0 Å². The lowest BCUT2D eigenvalue weighted by Gasteiger charge is -2.40. The molecular formula is C19H30N6O6. The van der Waals surface area contributed by atoms with Gasteiger partial charge in [0.2, 0.25) is 5.95 Å². The molecule has 0 aromatic carbocycles. The zero-order valence-electron chi connectivity index (χ0n) is 18.8. The van der Waals surface area contributed by atoms with Crippen LogP contribution in [0.1, 0.15) is 34.6 Å². The predicted octanol–water partition coefficient (Wildman–Crippen LogP) is 0.839. The van der Waals surface area contributed by atoms with Gasteiger partial charge in [-0.15, -0.1) is 0 Å². The van der Waals surface area contributed by atoms with Crippen LogP contribution in [0.15, 0.2) is 9.79 Å². The van der Waals surface area contributed by atoms with Gasteiger partial charge in [0, 0.05) is 27.6 Å². The van der Waals surface area contributed by atoms with Crippen LogP contribution >= 0.6 is 0 Å². The molecule has 1 aromatic rings. The van der Waals surface area contributed by atoms with Crippen LogP contribution in [0.2, 0.25) is 0 Å². The minimum atomic E-state index is -1.30. The second-order valence-corrected chi connectivity index (χ2v) is 8.40. The highest BCUT2D eigenvalue weighted by Gasteiger charge is 2.42. The number of amides is 1. The smallest absolute Gasteiger partial charge is 0.415 e. The Bertz CT molecular complexity index is 906. The first-order valence-corrected chi connectivity index (χ1v) is 9.76. The molecule has 172 valence electrons. The lowest BCUT2D eigenvalue weighted by Crippen LogP contribution is -2.59. The second-order valence-electron chi connectivity index (χ2n) is 8.40. The first-order chi connectivity index (χ1) is 14.3. The number of aliphatic hydroxyl groups excluding tert-OH is 1. The molecule has 0 radical (unpaired) electrons. The minimum absolute atomic E-state index is 0.0340. The second kappa shape index (κ2) is 9.33. The van der Waals surface area contributed by atoms with Crippen molar-refractivity contribution >= 4 is 35.9 Å². The summed E-state index contributed by atoms with van der Waals surface area (Å²) in [5.74, 6) is -0.423. The Morgan fingerprint density at radius 2 is 2.03 bits per heavy atom. The average Bonchev–Trinajstić information content (AvgIpc) is 2.62. The molecule has 0 aliphatic carbocycles. The maximum Gasteiger partial charge on any atom is 0.415 e. The van der Waals surface area contributed by atoms with Crippen molar-refractivity contribution in [2.75, 3.05) is 30.9 Å². The number of hydrogen-bond acceptors (Lipinski definition) is 9. The number of nitrogens with one attached hydrogen (secondary N) is 2. The van der Waals surface area contributed by atoms with E-state index in [4.69, 9.17) is 9.47 Å². The number of carbonyl (C=O) groups excluding carboxylic acids is 2. The molecule has 2 heterocycles. The van der Waals surface area contributed by atoms with Crippen LogP contribution in [0.4, 0.5) is 22.2 Å². The zero-order chi connectivity index (χ0) is 23.5. The maximum absolute atomic E-state index is 13.0. The monoisotopic (exact) mass is 438 g/mol. The summed E-state index contributed by atoms with van der Waals surface area (Å²) in [4.78, 5) is 50.8. The van der Waals surface area contributed by atoms with Crippen LogP contribution < -0.4 is 15.8 Å². The minimum Gasteiger partial charge on any atom is -0.460 e. The van der Waals surface area contributed by atoms with E-state index in [0.29, 0.717) is 0 Å². The van der Waals surface area contributed by atoms with E-state index < -0.39 is 41.5 Å². The van der Waals surface area contributed by atoms with Gasteiger partial charge in [0.15, 0.2) is 11.5 Å². The molecule has 1 aliphatic rings. The average molecular weight is 438 g/mol. The number of aliphatic hydroxyl groups is 1. The SMILES string of the molecule is CC(=O)O[C@@H](C)[C@H](O)C1CNc2nc(/N=C/N(C)C)[nH]c(=O)c2N1C(=O)OC(C)(C)C. The highest BCUT2D eigenvalue weighted by atomic mass is 16.6. The summed E-state index contributed by atoms with van der Waals surface area (Å²) in [6, 6.07) is -0.962. The predicted molar refractivity (Wildman–Crippen MR) is 115 cm³/mol. The molecule has 0 saturated heterocycles. The van der Waals surface area contributed by atoms with Gasteiger partial charge >= 0.3 is 12.1 Å². The molecule has 1 amide bonds. The molecule has 0 spiro atoms. The Morgan fingerprint density at radius 1 is 1.39 bits per heavy atom. The molecule has 12 nitrogen and oxygen atoms in total. The van der Waals surface area contributed by atoms with Gasteiger partial charge in [-0.2, -0.15) is 4.98 Å². The largest absolute Gasteiger partial charge is 0.460 e. The number of nitrogens with zero attached hydrogens (tertiary/aromatic N) is 4. The molecule has 1 unspecified atom stereocenters. The van der Waals surface area contributed by atoms with Crippen molar-refractivity contribution in [2.24, 2.45) is 4.99 Å². The summed E-state index contributed by atoms with van der Waals surface area (Å²) >= 11 is 0. The van der Waals surface area contributed by atoms with Crippen molar-refractivity contribution in [3.8, 4) is 0 Å². The van der Waals surface area contributed by atoms with Crippen LogP contribution in [0, 0.1) is 0 Å². The van der Waals surface area contributed by atoms with E-state index >= 15 is 0 Å². The molecule has 0 bridgehead atoms. The molecule has 2 rings (SSSR count). The highest BCUT2D eigenvalue weighted by Crippen LogP contribution is 2.31. The molecular weight excluding hydrogens is 408 g/mol. The van der Waals surface area contributed by atoms with E-state index in [2.05, 4.69) is 20.3 Å². The lowest BCUT2D eigenvalue weighted by molar-refractivity contribution is -0.151.